The molecule has 1 aliphatic rings. The molecule has 100 valence electrons. The molecule has 0 spiro atoms. The highest BCUT2D eigenvalue weighted by molar-refractivity contribution is 6.04. The van der Waals surface area contributed by atoms with Crippen molar-refractivity contribution in [3.8, 4) is 0 Å². The fourth-order valence-electron chi connectivity index (χ4n) is 2.62. The van der Waals surface area contributed by atoms with Crippen LogP contribution in [0.4, 0.5) is 0 Å². The highest BCUT2D eigenvalue weighted by Crippen LogP contribution is 2.19. The van der Waals surface area contributed by atoms with E-state index < -0.39 is 0 Å². The zero-order chi connectivity index (χ0) is 13.4. The maximum absolute atomic E-state index is 12.6. The van der Waals surface area contributed by atoms with Gasteiger partial charge in [0.15, 0.2) is 5.69 Å². The van der Waals surface area contributed by atoms with Crippen molar-refractivity contribution in [1.29, 1.82) is 0 Å². The van der Waals surface area contributed by atoms with E-state index in [1.54, 1.807) is 0 Å². The Morgan fingerprint density at radius 2 is 2.00 bits per heavy atom. The third-order valence-corrected chi connectivity index (χ3v) is 3.38. The Bertz CT molecular complexity index is 598. The third-order valence-electron chi connectivity index (χ3n) is 3.38. The molecule has 0 radical (unpaired) electrons. The van der Waals surface area contributed by atoms with Gasteiger partial charge in [0.1, 0.15) is 0 Å². The van der Waals surface area contributed by atoms with E-state index in [9.17, 15) is 4.79 Å². The summed E-state index contributed by atoms with van der Waals surface area (Å²) in [5.41, 5.74) is 1.39. The van der Waals surface area contributed by atoms with Gasteiger partial charge in [0.25, 0.3) is 5.91 Å². The Hall–Kier alpha value is -1.88. The number of hydrogen-bond acceptors (Lipinski definition) is 3. The van der Waals surface area contributed by atoms with Crippen molar-refractivity contribution in [1.82, 2.24) is 15.1 Å². The molecule has 1 saturated heterocycles. The molecule has 2 atom stereocenters. The molecule has 1 N–H and O–H groups in total. The molecule has 2 heterocycles. The van der Waals surface area contributed by atoms with E-state index in [-0.39, 0.29) is 18.1 Å². The standard InChI is InChI=1S/C14H17N3O2/c1-9-7-17(8-10(2)19-9)14(18)13-11-5-3-4-6-12(11)15-16-13/h3-6,9-10H,7-8H2,1-2H3,(H,15,16)/t9-,10-/m1/s1. The second-order valence-corrected chi connectivity index (χ2v) is 5.09. The Kier molecular flexibility index (Phi) is 2.98. The Balaban J connectivity index is 1.91. The monoisotopic (exact) mass is 259 g/mol. The molecule has 3 rings (SSSR count). The topological polar surface area (TPSA) is 58.2 Å². The Morgan fingerprint density at radius 3 is 2.74 bits per heavy atom. The van der Waals surface area contributed by atoms with Gasteiger partial charge in [0, 0.05) is 18.5 Å². The first-order valence-corrected chi connectivity index (χ1v) is 6.53. The van der Waals surface area contributed by atoms with Crippen LogP contribution in [-0.2, 0) is 4.74 Å². The van der Waals surface area contributed by atoms with Crippen molar-refractivity contribution in [3.63, 3.8) is 0 Å². The first-order valence-electron chi connectivity index (χ1n) is 6.53. The number of hydrogen-bond donors (Lipinski definition) is 1. The van der Waals surface area contributed by atoms with Crippen LogP contribution in [0.3, 0.4) is 0 Å². The number of para-hydroxylation sites is 1. The van der Waals surface area contributed by atoms with E-state index in [0.29, 0.717) is 18.8 Å². The second kappa shape index (κ2) is 4.66. The van der Waals surface area contributed by atoms with Gasteiger partial charge < -0.3 is 9.64 Å². The number of nitrogens with one attached hydrogen (secondary N) is 1. The number of carbonyl (C=O) groups is 1. The van der Waals surface area contributed by atoms with Gasteiger partial charge in [-0.05, 0) is 19.9 Å². The van der Waals surface area contributed by atoms with Gasteiger partial charge in [-0.25, -0.2) is 0 Å². The van der Waals surface area contributed by atoms with Crippen molar-refractivity contribution in [2.45, 2.75) is 26.1 Å². The summed E-state index contributed by atoms with van der Waals surface area (Å²) >= 11 is 0. The molecule has 1 aliphatic heterocycles. The van der Waals surface area contributed by atoms with Crippen LogP contribution >= 0.6 is 0 Å². The molecule has 0 aliphatic carbocycles. The van der Waals surface area contributed by atoms with Crippen LogP contribution in [0.5, 0.6) is 0 Å². The molecule has 0 saturated carbocycles. The second-order valence-electron chi connectivity index (χ2n) is 5.09. The zero-order valence-electron chi connectivity index (χ0n) is 11.1. The Labute approximate surface area is 111 Å². The van der Waals surface area contributed by atoms with E-state index in [4.69, 9.17) is 4.74 Å². The van der Waals surface area contributed by atoms with Crippen LogP contribution in [0.25, 0.3) is 10.9 Å². The maximum Gasteiger partial charge on any atom is 0.275 e. The van der Waals surface area contributed by atoms with Crippen LogP contribution < -0.4 is 0 Å². The molecule has 1 amide bonds. The van der Waals surface area contributed by atoms with Crippen LogP contribution in [0.1, 0.15) is 24.3 Å². The smallest absolute Gasteiger partial charge is 0.275 e. The predicted molar refractivity (Wildman–Crippen MR) is 72.0 cm³/mol. The van der Waals surface area contributed by atoms with Crippen LogP contribution in [-0.4, -0.2) is 46.3 Å². The minimum Gasteiger partial charge on any atom is -0.372 e. The zero-order valence-corrected chi connectivity index (χ0v) is 11.1. The quantitative estimate of drug-likeness (QED) is 0.849. The number of aromatic amines is 1. The minimum atomic E-state index is -0.0283. The van der Waals surface area contributed by atoms with Gasteiger partial charge in [-0.2, -0.15) is 5.10 Å². The van der Waals surface area contributed by atoms with E-state index in [0.717, 1.165) is 10.9 Å². The van der Waals surface area contributed by atoms with Gasteiger partial charge in [-0.3, -0.25) is 9.89 Å². The molecule has 2 aromatic rings. The first kappa shape index (κ1) is 12.2. The number of benzene rings is 1. The number of morpholine rings is 1. The molecular weight excluding hydrogens is 242 g/mol. The number of H-pyrrole nitrogens is 1. The van der Waals surface area contributed by atoms with Gasteiger partial charge in [-0.15, -0.1) is 0 Å². The van der Waals surface area contributed by atoms with E-state index in [1.807, 2.05) is 43.0 Å². The summed E-state index contributed by atoms with van der Waals surface area (Å²) in [5.74, 6) is -0.0283. The number of aromatic nitrogens is 2. The number of fused-ring (bicyclic) bond motifs is 1. The number of ether oxygens (including phenoxy) is 1. The molecule has 5 nitrogen and oxygen atoms in total. The highest BCUT2D eigenvalue weighted by Gasteiger charge is 2.28. The lowest BCUT2D eigenvalue weighted by Gasteiger charge is -2.34. The fourth-order valence-corrected chi connectivity index (χ4v) is 2.62. The summed E-state index contributed by atoms with van der Waals surface area (Å²) in [6.07, 6.45) is 0.135. The van der Waals surface area contributed by atoms with E-state index >= 15 is 0 Å². The number of carbonyl (C=O) groups excluding carboxylic acids is 1. The molecule has 1 aromatic carbocycles. The van der Waals surface area contributed by atoms with Crippen molar-refractivity contribution in [2.75, 3.05) is 13.1 Å². The average molecular weight is 259 g/mol. The third kappa shape index (κ3) is 2.21. The summed E-state index contributed by atoms with van der Waals surface area (Å²) in [5, 5.41) is 7.94. The van der Waals surface area contributed by atoms with Crippen molar-refractivity contribution >= 4 is 16.8 Å². The molecule has 1 fully saturated rings. The van der Waals surface area contributed by atoms with Crippen molar-refractivity contribution < 1.29 is 9.53 Å². The number of amides is 1. The van der Waals surface area contributed by atoms with Crippen LogP contribution in [0.15, 0.2) is 24.3 Å². The fraction of sp³-hybridized carbons (Fsp3) is 0.429. The minimum absolute atomic E-state index is 0.0283. The maximum atomic E-state index is 12.6. The normalized spacial score (nSPS) is 23.8. The van der Waals surface area contributed by atoms with Gasteiger partial charge in [-0.1, -0.05) is 18.2 Å². The lowest BCUT2D eigenvalue weighted by molar-refractivity contribution is -0.0587. The summed E-state index contributed by atoms with van der Waals surface area (Å²) in [6, 6.07) is 7.68. The molecule has 5 heteroatoms. The molecule has 0 bridgehead atoms. The number of rotatable bonds is 1. The molecule has 1 aromatic heterocycles. The summed E-state index contributed by atoms with van der Waals surface area (Å²) < 4.78 is 5.65. The summed E-state index contributed by atoms with van der Waals surface area (Å²) in [6.45, 7) is 5.20. The van der Waals surface area contributed by atoms with Gasteiger partial charge >= 0.3 is 0 Å². The van der Waals surface area contributed by atoms with E-state index in [1.165, 1.54) is 0 Å². The summed E-state index contributed by atoms with van der Waals surface area (Å²) in [7, 11) is 0. The van der Waals surface area contributed by atoms with E-state index in [2.05, 4.69) is 10.2 Å². The first-order chi connectivity index (χ1) is 9.15. The lowest BCUT2D eigenvalue weighted by Crippen LogP contribution is -2.48. The lowest BCUT2D eigenvalue weighted by atomic mass is 10.1. The number of nitrogens with zero attached hydrogens (tertiary/aromatic N) is 2. The van der Waals surface area contributed by atoms with Crippen LogP contribution in [0.2, 0.25) is 0 Å². The highest BCUT2D eigenvalue weighted by atomic mass is 16.5. The predicted octanol–water partition coefficient (Wildman–Crippen LogP) is 1.81. The summed E-state index contributed by atoms with van der Waals surface area (Å²) in [4.78, 5) is 14.4. The molecular formula is C14H17N3O2. The van der Waals surface area contributed by atoms with Crippen molar-refractivity contribution in [2.24, 2.45) is 0 Å². The molecule has 0 unspecified atom stereocenters. The molecule has 19 heavy (non-hydrogen) atoms. The average Bonchev–Trinajstić information content (AvgIpc) is 2.80. The Morgan fingerprint density at radius 1 is 1.32 bits per heavy atom. The van der Waals surface area contributed by atoms with Crippen molar-refractivity contribution in [3.05, 3.63) is 30.0 Å². The van der Waals surface area contributed by atoms with Gasteiger partial charge in [0.2, 0.25) is 0 Å². The largest absolute Gasteiger partial charge is 0.372 e. The van der Waals surface area contributed by atoms with Gasteiger partial charge in [0.05, 0.1) is 17.7 Å². The van der Waals surface area contributed by atoms with Crippen LogP contribution in [0, 0.1) is 0 Å². The SMILES string of the molecule is C[C@@H]1CN(C(=O)c2n[nH]c3ccccc23)C[C@@H](C)O1.